The lowest BCUT2D eigenvalue weighted by Crippen LogP contribution is -2.27. The highest BCUT2D eigenvalue weighted by molar-refractivity contribution is 7.75. The Morgan fingerprint density at radius 2 is 0.625 bits per heavy atom. The molecule has 48 heavy (non-hydrogen) atoms. The van der Waals surface area contributed by atoms with E-state index in [0.29, 0.717) is 0 Å². The molecule has 0 atom stereocenters. The van der Waals surface area contributed by atoms with Crippen LogP contribution in [-0.2, 0) is 4.57 Å². The number of rotatable bonds is 7. The molecular formula is C44H33N2OP. The van der Waals surface area contributed by atoms with Gasteiger partial charge in [-0.15, -0.1) is 0 Å². The van der Waals surface area contributed by atoms with Gasteiger partial charge in [0.1, 0.15) is 0 Å². The fourth-order valence-electron chi connectivity index (χ4n) is 6.46. The highest BCUT2D eigenvalue weighted by Crippen LogP contribution is 2.60. The second kappa shape index (κ2) is 12.7. The highest BCUT2D eigenvalue weighted by Gasteiger charge is 2.42. The van der Waals surface area contributed by atoms with E-state index in [0.717, 1.165) is 50.1 Å². The van der Waals surface area contributed by atoms with Crippen molar-refractivity contribution in [2.24, 2.45) is 0 Å². The van der Waals surface area contributed by atoms with E-state index in [-0.39, 0.29) is 0 Å². The van der Waals surface area contributed by atoms with Crippen molar-refractivity contribution in [3.05, 3.63) is 200 Å². The van der Waals surface area contributed by atoms with Gasteiger partial charge >= 0.3 is 7.44 Å². The minimum Gasteiger partial charge on any atom is -0.277 e. The number of benzene rings is 7. The van der Waals surface area contributed by atoms with Crippen LogP contribution >= 0.6 is 7.44 Å². The standard InChI is InChI=1S/C44H33N2OP/c47-48(42-30-24-39(25-31-42)44-19-11-10-18-43(44)38-16-8-3-9-17-38)45(40-26-20-36(21-27-40)34-12-4-1-5-13-34)32-33-46(48)41-28-22-37(23-29-41)35-14-6-2-7-15-35/h1-33H. The van der Waals surface area contributed by atoms with Crippen molar-refractivity contribution >= 4 is 24.1 Å². The van der Waals surface area contributed by atoms with Crippen molar-refractivity contribution in [3.63, 3.8) is 0 Å². The van der Waals surface area contributed by atoms with Crippen LogP contribution in [0.5, 0.6) is 0 Å². The molecule has 0 radical (unpaired) electrons. The van der Waals surface area contributed by atoms with Crippen LogP contribution in [0.25, 0.3) is 44.5 Å². The molecule has 8 rings (SSSR count). The summed E-state index contributed by atoms with van der Waals surface area (Å²) in [5.74, 6) is 0. The largest absolute Gasteiger partial charge is 0.300 e. The summed E-state index contributed by atoms with van der Waals surface area (Å²) in [6.07, 6.45) is 3.89. The average molecular weight is 637 g/mol. The lowest BCUT2D eigenvalue weighted by molar-refractivity contribution is 0.582. The Hall–Kier alpha value is -5.89. The number of hydrogen-bond acceptors (Lipinski definition) is 1. The van der Waals surface area contributed by atoms with E-state index in [1.807, 2.05) is 76.3 Å². The second-order valence-corrected chi connectivity index (χ2v) is 14.3. The summed E-state index contributed by atoms with van der Waals surface area (Å²) < 4.78 is 19.6. The molecule has 230 valence electrons. The van der Waals surface area contributed by atoms with Crippen molar-refractivity contribution in [1.29, 1.82) is 0 Å². The number of hydrogen-bond donors (Lipinski definition) is 0. The molecule has 0 amide bonds. The zero-order valence-electron chi connectivity index (χ0n) is 26.3. The maximum absolute atomic E-state index is 15.7. The van der Waals surface area contributed by atoms with Gasteiger partial charge in [-0.3, -0.25) is 13.9 Å². The maximum atomic E-state index is 15.7. The third-order valence-electron chi connectivity index (χ3n) is 8.94. The van der Waals surface area contributed by atoms with E-state index < -0.39 is 7.44 Å². The zero-order chi connectivity index (χ0) is 32.3. The molecule has 0 aliphatic carbocycles. The first kappa shape index (κ1) is 29.5. The van der Waals surface area contributed by atoms with E-state index >= 15 is 4.57 Å². The molecule has 0 spiro atoms. The van der Waals surface area contributed by atoms with E-state index in [1.54, 1.807) is 0 Å². The Bertz CT molecular complexity index is 2130. The van der Waals surface area contributed by atoms with Crippen LogP contribution in [0.1, 0.15) is 0 Å². The third-order valence-corrected chi connectivity index (χ3v) is 11.8. The van der Waals surface area contributed by atoms with Crippen molar-refractivity contribution in [3.8, 4) is 44.5 Å². The van der Waals surface area contributed by atoms with Gasteiger partial charge in [0.15, 0.2) is 0 Å². The first-order valence-electron chi connectivity index (χ1n) is 16.1. The summed E-state index contributed by atoms with van der Waals surface area (Å²) >= 11 is 0. The molecule has 0 aromatic heterocycles. The van der Waals surface area contributed by atoms with E-state index in [1.165, 1.54) is 11.1 Å². The van der Waals surface area contributed by atoms with Gasteiger partial charge < -0.3 is 0 Å². The normalized spacial score (nSPS) is 13.5. The molecule has 0 fully saturated rings. The molecule has 3 nitrogen and oxygen atoms in total. The topological polar surface area (TPSA) is 23.6 Å². The van der Waals surface area contributed by atoms with Crippen LogP contribution < -0.4 is 14.6 Å². The van der Waals surface area contributed by atoms with Gasteiger partial charge in [-0.1, -0.05) is 152 Å². The zero-order valence-corrected chi connectivity index (χ0v) is 27.2. The van der Waals surface area contributed by atoms with E-state index in [9.17, 15) is 0 Å². The SMILES string of the molecule is O=P1(c2ccc(-c3ccccc3-c3ccccc3)cc2)N(c2ccc(-c3ccccc3)cc2)C=CN1c1ccc(-c2ccccc2)cc1. The fraction of sp³-hybridized carbons (Fsp3) is 0. The summed E-state index contributed by atoms with van der Waals surface area (Å²) in [5.41, 5.74) is 10.8. The molecule has 7 aromatic carbocycles. The molecule has 0 saturated carbocycles. The Balaban J connectivity index is 1.19. The Morgan fingerprint density at radius 1 is 0.312 bits per heavy atom. The molecular weight excluding hydrogens is 603 g/mol. The molecule has 0 bridgehead atoms. The van der Waals surface area contributed by atoms with Crippen LogP contribution in [0.4, 0.5) is 11.4 Å². The molecule has 7 aromatic rings. The average Bonchev–Trinajstić information content (AvgIpc) is 3.53. The minimum absolute atomic E-state index is 0.757. The molecule has 4 heteroatoms. The van der Waals surface area contributed by atoms with Gasteiger partial charge in [-0.25, -0.2) is 0 Å². The molecule has 1 aliphatic heterocycles. The first-order valence-corrected chi connectivity index (χ1v) is 17.7. The molecule has 1 heterocycles. The summed E-state index contributed by atoms with van der Waals surface area (Å²) in [6, 6.07) is 64.4. The van der Waals surface area contributed by atoms with Crippen molar-refractivity contribution < 1.29 is 4.57 Å². The fourth-order valence-corrected chi connectivity index (χ4v) is 9.07. The van der Waals surface area contributed by atoms with Gasteiger partial charge in [0, 0.05) is 23.8 Å². The smallest absolute Gasteiger partial charge is 0.277 e. The highest BCUT2D eigenvalue weighted by atomic mass is 31.2. The summed E-state index contributed by atoms with van der Waals surface area (Å²) in [7, 11) is -3.39. The van der Waals surface area contributed by atoms with Gasteiger partial charge in [0.05, 0.1) is 5.30 Å². The third kappa shape index (κ3) is 5.45. The Kier molecular flexibility index (Phi) is 7.82. The van der Waals surface area contributed by atoms with Gasteiger partial charge in [-0.05, 0) is 80.9 Å². The van der Waals surface area contributed by atoms with Gasteiger partial charge in [0.2, 0.25) is 0 Å². The van der Waals surface area contributed by atoms with Gasteiger partial charge in [-0.2, -0.15) is 0 Å². The van der Waals surface area contributed by atoms with Crippen LogP contribution in [0, 0.1) is 0 Å². The molecule has 0 saturated heterocycles. The number of anilines is 2. The Morgan fingerprint density at radius 3 is 1.04 bits per heavy atom. The van der Waals surface area contributed by atoms with Crippen LogP contribution in [0.2, 0.25) is 0 Å². The van der Waals surface area contributed by atoms with Crippen LogP contribution in [0.15, 0.2) is 200 Å². The van der Waals surface area contributed by atoms with Crippen molar-refractivity contribution in [2.75, 3.05) is 9.34 Å². The predicted molar refractivity (Wildman–Crippen MR) is 202 cm³/mol. The Labute approximate surface area is 282 Å². The summed E-state index contributed by atoms with van der Waals surface area (Å²) in [4.78, 5) is 0. The van der Waals surface area contributed by atoms with E-state index in [4.69, 9.17) is 0 Å². The van der Waals surface area contributed by atoms with Crippen LogP contribution in [0.3, 0.4) is 0 Å². The number of nitrogens with zero attached hydrogens (tertiary/aromatic N) is 2. The molecule has 1 aliphatic rings. The predicted octanol–water partition coefficient (Wildman–Crippen LogP) is 11.7. The summed E-state index contributed by atoms with van der Waals surface area (Å²) in [5, 5.41) is 0.757. The van der Waals surface area contributed by atoms with Crippen molar-refractivity contribution in [1.82, 2.24) is 0 Å². The summed E-state index contributed by atoms with van der Waals surface area (Å²) in [6.45, 7) is 0. The lowest BCUT2D eigenvalue weighted by Gasteiger charge is -2.33. The second-order valence-electron chi connectivity index (χ2n) is 11.8. The van der Waals surface area contributed by atoms with Gasteiger partial charge in [0.25, 0.3) is 0 Å². The quantitative estimate of drug-likeness (QED) is 0.163. The first-order chi connectivity index (χ1) is 23.7. The molecule has 0 N–H and O–H groups in total. The van der Waals surface area contributed by atoms with Crippen molar-refractivity contribution in [2.45, 2.75) is 0 Å². The van der Waals surface area contributed by atoms with Crippen LogP contribution in [-0.4, -0.2) is 0 Å². The minimum atomic E-state index is -3.39. The van der Waals surface area contributed by atoms with E-state index in [2.05, 4.69) is 133 Å². The monoisotopic (exact) mass is 636 g/mol. The molecule has 0 unspecified atom stereocenters. The maximum Gasteiger partial charge on any atom is 0.300 e. The lowest BCUT2D eigenvalue weighted by atomic mass is 9.95.